The summed E-state index contributed by atoms with van der Waals surface area (Å²) >= 11 is 0. The van der Waals surface area contributed by atoms with Crippen molar-refractivity contribution >= 4 is 11.7 Å². The molecule has 0 spiro atoms. The molecule has 1 aliphatic rings. The van der Waals surface area contributed by atoms with Crippen molar-refractivity contribution in [2.75, 3.05) is 0 Å². The summed E-state index contributed by atoms with van der Waals surface area (Å²) in [5.41, 5.74) is 1.87. The number of benzene rings is 1. The molecule has 0 unspecified atom stereocenters. The predicted molar refractivity (Wildman–Crippen MR) is 56.0 cm³/mol. The van der Waals surface area contributed by atoms with E-state index < -0.39 is 5.97 Å². The number of carbonyl (C=O) groups is 1. The first-order chi connectivity index (χ1) is 7.24. The van der Waals surface area contributed by atoms with E-state index in [0.717, 1.165) is 11.1 Å². The number of hydrogen-bond acceptors (Lipinski definition) is 2. The van der Waals surface area contributed by atoms with Crippen LogP contribution in [0.15, 0.2) is 42.7 Å². The van der Waals surface area contributed by atoms with Gasteiger partial charge in [0, 0.05) is 5.56 Å². The lowest BCUT2D eigenvalue weighted by molar-refractivity contribution is -0.133. The Morgan fingerprint density at radius 3 is 2.80 bits per heavy atom. The quantitative estimate of drug-likeness (QED) is 0.761. The van der Waals surface area contributed by atoms with E-state index >= 15 is 0 Å². The Balaban J connectivity index is 2.37. The number of aliphatic carboxylic acids is 1. The summed E-state index contributed by atoms with van der Waals surface area (Å²) < 4.78 is 4.95. The molecule has 0 bridgehead atoms. The van der Waals surface area contributed by atoms with Gasteiger partial charge in [-0.1, -0.05) is 30.3 Å². The van der Waals surface area contributed by atoms with Crippen molar-refractivity contribution in [3.8, 4) is 0 Å². The second-order valence-electron chi connectivity index (χ2n) is 3.22. The van der Waals surface area contributed by atoms with Crippen molar-refractivity contribution in [1.82, 2.24) is 0 Å². The molecule has 0 aromatic heterocycles. The van der Waals surface area contributed by atoms with Gasteiger partial charge in [0.05, 0.1) is 0 Å². The molecular weight excluding hydrogens is 192 g/mol. The lowest BCUT2D eigenvalue weighted by Gasteiger charge is -2.00. The number of hydrogen-bond donors (Lipinski definition) is 1. The number of carboxylic acid groups (broad SMARTS) is 1. The van der Waals surface area contributed by atoms with Gasteiger partial charge in [-0.05, 0) is 12.0 Å². The third-order valence-electron chi connectivity index (χ3n) is 2.19. The largest absolute Gasteiger partial charge is 0.475 e. The highest BCUT2D eigenvalue weighted by atomic mass is 16.6. The fourth-order valence-corrected chi connectivity index (χ4v) is 1.47. The standard InChI is InChI=1S/C12H10O3/c1-2-5-8-6-3-4-7-9(8)10-11(15-10)12(13)14/h2-4,6-7H,1,5H2,(H,13,14). The molecule has 0 saturated heterocycles. The maximum absolute atomic E-state index is 10.6. The molecule has 0 aliphatic carbocycles. The summed E-state index contributed by atoms with van der Waals surface area (Å²) in [5, 5.41) is 8.70. The molecule has 0 fully saturated rings. The molecule has 0 saturated carbocycles. The van der Waals surface area contributed by atoms with Crippen LogP contribution in [0.1, 0.15) is 11.1 Å². The van der Waals surface area contributed by atoms with Gasteiger partial charge in [-0.2, -0.15) is 0 Å². The van der Waals surface area contributed by atoms with E-state index in [1.54, 1.807) is 6.08 Å². The highest BCUT2D eigenvalue weighted by molar-refractivity contribution is 6.00. The van der Waals surface area contributed by atoms with Gasteiger partial charge in [0.15, 0.2) is 5.76 Å². The van der Waals surface area contributed by atoms with E-state index in [1.807, 2.05) is 24.3 Å². The lowest BCUT2D eigenvalue weighted by atomic mass is 10.0. The maximum Gasteiger partial charge on any atom is 0.375 e. The first kappa shape index (κ1) is 9.52. The Hall–Kier alpha value is -2.03. The Bertz CT molecular complexity index is 458. The van der Waals surface area contributed by atoms with Crippen molar-refractivity contribution in [2.24, 2.45) is 0 Å². The molecular formula is C12H10O3. The smallest absolute Gasteiger partial charge is 0.375 e. The monoisotopic (exact) mass is 202 g/mol. The van der Waals surface area contributed by atoms with Crippen molar-refractivity contribution < 1.29 is 14.6 Å². The van der Waals surface area contributed by atoms with E-state index in [0.29, 0.717) is 12.2 Å². The van der Waals surface area contributed by atoms with Crippen LogP contribution in [0.5, 0.6) is 0 Å². The summed E-state index contributed by atoms with van der Waals surface area (Å²) in [6.07, 6.45) is 2.48. The Labute approximate surface area is 87.3 Å². The van der Waals surface area contributed by atoms with Gasteiger partial charge in [0.2, 0.25) is 0 Å². The minimum absolute atomic E-state index is 0.0477. The fraction of sp³-hybridized carbons (Fsp3) is 0.0833. The number of ether oxygens (including phenoxy) is 1. The van der Waals surface area contributed by atoms with Crippen molar-refractivity contribution in [3.05, 3.63) is 53.8 Å². The molecule has 1 heterocycles. The van der Waals surface area contributed by atoms with Crippen molar-refractivity contribution in [2.45, 2.75) is 6.42 Å². The first-order valence-corrected chi connectivity index (χ1v) is 4.58. The van der Waals surface area contributed by atoms with Gasteiger partial charge >= 0.3 is 5.97 Å². The average molecular weight is 202 g/mol. The molecule has 1 aromatic carbocycles. The molecule has 0 radical (unpaired) electrons. The lowest BCUT2D eigenvalue weighted by Crippen LogP contribution is -1.89. The van der Waals surface area contributed by atoms with Gasteiger partial charge in [-0.25, -0.2) is 4.79 Å². The molecule has 1 N–H and O–H groups in total. The van der Waals surface area contributed by atoms with E-state index in [-0.39, 0.29) is 5.76 Å². The zero-order chi connectivity index (χ0) is 10.8. The Morgan fingerprint density at radius 2 is 2.20 bits per heavy atom. The highest BCUT2D eigenvalue weighted by Crippen LogP contribution is 2.37. The molecule has 1 aliphatic heterocycles. The molecule has 1 aromatic rings. The molecule has 3 heteroatoms. The molecule has 0 atom stereocenters. The van der Waals surface area contributed by atoms with Gasteiger partial charge < -0.3 is 9.84 Å². The highest BCUT2D eigenvalue weighted by Gasteiger charge is 2.34. The normalized spacial score (nSPS) is 13.3. The minimum atomic E-state index is -1.02. The summed E-state index contributed by atoms with van der Waals surface area (Å²) in [6.45, 7) is 3.66. The van der Waals surface area contributed by atoms with Gasteiger partial charge in [0.25, 0.3) is 5.76 Å². The SMILES string of the molecule is C=CCc1ccccc1C1=C(C(=O)O)O1. The van der Waals surface area contributed by atoms with E-state index in [1.165, 1.54) is 0 Å². The van der Waals surface area contributed by atoms with Crippen LogP contribution in [0.4, 0.5) is 0 Å². The van der Waals surface area contributed by atoms with Gasteiger partial charge in [-0.3, -0.25) is 0 Å². The summed E-state index contributed by atoms with van der Waals surface area (Å²) in [6, 6.07) is 7.55. The van der Waals surface area contributed by atoms with Gasteiger partial charge in [-0.15, -0.1) is 6.58 Å². The number of allylic oxidation sites excluding steroid dienone is 1. The van der Waals surface area contributed by atoms with Crippen LogP contribution in [-0.4, -0.2) is 11.1 Å². The first-order valence-electron chi connectivity index (χ1n) is 4.58. The Kier molecular flexibility index (Phi) is 2.29. The zero-order valence-electron chi connectivity index (χ0n) is 8.06. The second-order valence-corrected chi connectivity index (χ2v) is 3.22. The maximum atomic E-state index is 10.6. The molecule has 0 amide bonds. The van der Waals surface area contributed by atoms with Crippen LogP contribution < -0.4 is 0 Å². The van der Waals surface area contributed by atoms with E-state index in [4.69, 9.17) is 9.84 Å². The van der Waals surface area contributed by atoms with Crippen LogP contribution >= 0.6 is 0 Å². The van der Waals surface area contributed by atoms with Crippen LogP contribution in [-0.2, 0) is 16.0 Å². The predicted octanol–water partition coefficient (Wildman–Crippen LogP) is 2.20. The molecule has 3 nitrogen and oxygen atoms in total. The van der Waals surface area contributed by atoms with Crippen LogP contribution in [0.25, 0.3) is 5.76 Å². The zero-order valence-corrected chi connectivity index (χ0v) is 8.06. The third-order valence-corrected chi connectivity index (χ3v) is 2.19. The van der Waals surface area contributed by atoms with Crippen molar-refractivity contribution in [3.63, 3.8) is 0 Å². The number of rotatable bonds is 4. The summed E-state index contributed by atoms with van der Waals surface area (Å²) in [7, 11) is 0. The minimum Gasteiger partial charge on any atom is -0.475 e. The van der Waals surface area contributed by atoms with Crippen LogP contribution in [0, 0.1) is 0 Å². The summed E-state index contributed by atoms with van der Waals surface area (Å²) in [5.74, 6) is -0.495. The third kappa shape index (κ3) is 1.76. The Morgan fingerprint density at radius 1 is 1.47 bits per heavy atom. The average Bonchev–Trinajstić information content (AvgIpc) is 2.99. The second kappa shape index (κ2) is 3.61. The van der Waals surface area contributed by atoms with Crippen LogP contribution in [0.2, 0.25) is 0 Å². The van der Waals surface area contributed by atoms with Gasteiger partial charge in [0.1, 0.15) is 0 Å². The van der Waals surface area contributed by atoms with Crippen molar-refractivity contribution in [1.29, 1.82) is 0 Å². The summed E-state index contributed by atoms with van der Waals surface area (Å²) in [4.78, 5) is 10.6. The molecule has 76 valence electrons. The molecule has 15 heavy (non-hydrogen) atoms. The topological polar surface area (TPSA) is 49.8 Å². The fourth-order valence-electron chi connectivity index (χ4n) is 1.47. The van der Waals surface area contributed by atoms with E-state index in [9.17, 15) is 4.79 Å². The number of carboxylic acids is 1. The molecule has 2 rings (SSSR count). The van der Waals surface area contributed by atoms with E-state index in [2.05, 4.69) is 6.58 Å². The van der Waals surface area contributed by atoms with Crippen LogP contribution in [0.3, 0.4) is 0 Å².